The minimum Gasteiger partial charge on any atom is -0.399 e. The molecule has 6 aromatic carbocycles. The van der Waals surface area contributed by atoms with Crippen LogP contribution in [0.3, 0.4) is 0 Å². The zero-order valence-corrected chi connectivity index (χ0v) is 26.7. The van der Waals surface area contributed by atoms with Crippen molar-refractivity contribution in [1.29, 1.82) is 0 Å². The van der Waals surface area contributed by atoms with Crippen LogP contribution in [0.2, 0.25) is 0 Å². The van der Waals surface area contributed by atoms with Crippen LogP contribution in [-0.4, -0.2) is 18.3 Å². The number of hydrogen-bond acceptors (Lipinski definition) is 2. The van der Waals surface area contributed by atoms with E-state index in [1.165, 1.54) is 61.2 Å². The summed E-state index contributed by atoms with van der Waals surface area (Å²) in [6, 6.07) is 51.5. The first-order valence-electron chi connectivity index (χ1n) is 16.3. The smallest absolute Gasteiger partial charge is 0.399 e. The predicted octanol–water partition coefficient (Wildman–Crippen LogP) is 9.66. The van der Waals surface area contributed by atoms with Crippen molar-refractivity contribution in [2.75, 3.05) is 0 Å². The average molecular weight is 595 g/mol. The fourth-order valence-corrected chi connectivity index (χ4v) is 8.00. The molecule has 9 rings (SSSR count). The van der Waals surface area contributed by atoms with E-state index in [4.69, 9.17) is 9.31 Å². The maximum absolute atomic E-state index is 6.37. The first kappa shape index (κ1) is 27.6. The largest absolute Gasteiger partial charge is 0.494 e. The lowest BCUT2D eigenvalue weighted by Gasteiger charge is -2.32. The van der Waals surface area contributed by atoms with Gasteiger partial charge in [-0.25, -0.2) is 0 Å². The molecule has 46 heavy (non-hydrogen) atoms. The molecule has 1 aliphatic heterocycles. The van der Waals surface area contributed by atoms with E-state index in [0.29, 0.717) is 0 Å². The van der Waals surface area contributed by atoms with E-state index in [9.17, 15) is 0 Å². The molecular formula is C43H35BO2. The third kappa shape index (κ3) is 3.73. The second kappa shape index (κ2) is 9.66. The summed E-state index contributed by atoms with van der Waals surface area (Å²) in [4.78, 5) is 0. The Balaban J connectivity index is 1.15. The van der Waals surface area contributed by atoms with Crippen LogP contribution in [0.15, 0.2) is 140 Å². The highest BCUT2D eigenvalue weighted by Gasteiger charge is 2.52. The van der Waals surface area contributed by atoms with Gasteiger partial charge in [0.2, 0.25) is 0 Å². The van der Waals surface area contributed by atoms with Gasteiger partial charge in [0.25, 0.3) is 0 Å². The molecule has 2 nitrogen and oxygen atoms in total. The zero-order chi connectivity index (χ0) is 31.3. The molecule has 3 aliphatic rings. The summed E-state index contributed by atoms with van der Waals surface area (Å²) in [5.74, 6) is 0. The summed E-state index contributed by atoms with van der Waals surface area (Å²) < 4.78 is 12.7. The maximum atomic E-state index is 6.37. The van der Waals surface area contributed by atoms with Crippen molar-refractivity contribution in [2.24, 2.45) is 0 Å². The van der Waals surface area contributed by atoms with Crippen LogP contribution in [0.4, 0.5) is 0 Å². The zero-order valence-electron chi connectivity index (χ0n) is 26.7. The highest BCUT2D eigenvalue weighted by molar-refractivity contribution is 6.62. The van der Waals surface area contributed by atoms with Crippen LogP contribution in [-0.2, 0) is 14.7 Å². The van der Waals surface area contributed by atoms with Gasteiger partial charge in [0.05, 0.1) is 16.6 Å². The maximum Gasteiger partial charge on any atom is 0.494 e. The van der Waals surface area contributed by atoms with E-state index in [1.807, 2.05) is 0 Å². The van der Waals surface area contributed by atoms with Crippen molar-refractivity contribution in [3.05, 3.63) is 162 Å². The first-order chi connectivity index (χ1) is 22.3. The number of fused-ring (bicyclic) bond motifs is 10. The third-order valence-corrected chi connectivity index (χ3v) is 10.9. The minimum absolute atomic E-state index is 0.312. The van der Waals surface area contributed by atoms with Crippen LogP contribution in [0, 0.1) is 0 Å². The Bertz CT molecular complexity index is 2130. The van der Waals surface area contributed by atoms with Gasteiger partial charge in [0, 0.05) is 0 Å². The summed E-state index contributed by atoms with van der Waals surface area (Å²) in [6.07, 6.45) is 0. The van der Waals surface area contributed by atoms with Gasteiger partial charge in [-0.05, 0) is 112 Å². The van der Waals surface area contributed by atoms with E-state index in [0.717, 1.165) is 11.0 Å². The molecule has 0 N–H and O–H groups in total. The Hall–Kier alpha value is -4.70. The quantitative estimate of drug-likeness (QED) is 0.190. The van der Waals surface area contributed by atoms with E-state index in [-0.39, 0.29) is 23.7 Å². The molecule has 0 radical (unpaired) electrons. The van der Waals surface area contributed by atoms with Gasteiger partial charge >= 0.3 is 7.12 Å². The van der Waals surface area contributed by atoms with Gasteiger partial charge < -0.3 is 9.31 Å². The summed E-state index contributed by atoms with van der Waals surface area (Å²) in [7, 11) is -0.386. The van der Waals surface area contributed by atoms with Gasteiger partial charge in [-0.2, -0.15) is 0 Å². The van der Waals surface area contributed by atoms with Gasteiger partial charge in [0.1, 0.15) is 0 Å². The minimum atomic E-state index is -0.386. The lowest BCUT2D eigenvalue weighted by Crippen LogP contribution is -2.41. The summed E-state index contributed by atoms with van der Waals surface area (Å²) in [6.45, 7) is 8.39. The number of hydrogen-bond donors (Lipinski definition) is 0. The van der Waals surface area contributed by atoms with Crippen LogP contribution < -0.4 is 5.46 Å². The van der Waals surface area contributed by atoms with Gasteiger partial charge in [-0.1, -0.05) is 127 Å². The molecule has 1 fully saturated rings. The van der Waals surface area contributed by atoms with E-state index in [2.05, 4.69) is 167 Å². The Morgan fingerprint density at radius 3 is 1.39 bits per heavy atom. The highest BCUT2D eigenvalue weighted by atomic mass is 16.7. The standard InChI is InChI=1S/C43H35BO2/c1-41(2)42(3,4)46-44(45-41)32-16-12-15-30(26-32)28-13-11-14-29(25-28)31-23-24-40-36(27-31)35-19-7-10-22-39(35)43(40)37-20-8-5-17-33(37)34-18-6-9-21-38(34)43/h5-27H,1-4H3. The molecule has 6 aromatic rings. The van der Waals surface area contributed by atoms with Crippen molar-refractivity contribution in [3.63, 3.8) is 0 Å². The molecule has 0 atom stereocenters. The molecule has 0 aromatic heterocycles. The Morgan fingerprint density at radius 1 is 0.391 bits per heavy atom. The second-order valence-corrected chi connectivity index (χ2v) is 13.9. The fourth-order valence-electron chi connectivity index (χ4n) is 8.00. The molecule has 2 aliphatic carbocycles. The second-order valence-electron chi connectivity index (χ2n) is 13.9. The molecule has 222 valence electrons. The third-order valence-electron chi connectivity index (χ3n) is 10.9. The SMILES string of the molecule is CC1(C)OB(c2cccc(-c3cccc(-c4ccc5c(c4)-c4ccccc4C54c5ccccc5-c5ccccc54)c3)c2)OC1(C)C. The van der Waals surface area contributed by atoms with Crippen LogP contribution in [0.1, 0.15) is 49.9 Å². The van der Waals surface area contributed by atoms with Crippen LogP contribution in [0.25, 0.3) is 44.5 Å². The van der Waals surface area contributed by atoms with E-state index < -0.39 is 0 Å². The molecule has 0 unspecified atom stereocenters. The average Bonchev–Trinajstić information content (AvgIpc) is 3.64. The van der Waals surface area contributed by atoms with Gasteiger partial charge in [-0.3, -0.25) is 0 Å². The summed E-state index contributed by atoms with van der Waals surface area (Å²) in [5, 5.41) is 0. The number of rotatable bonds is 3. The first-order valence-corrected chi connectivity index (χ1v) is 16.3. The summed E-state index contributed by atoms with van der Waals surface area (Å²) in [5.41, 5.74) is 15.5. The van der Waals surface area contributed by atoms with Crippen molar-refractivity contribution in [3.8, 4) is 44.5 Å². The van der Waals surface area contributed by atoms with Crippen molar-refractivity contribution >= 4 is 12.6 Å². The molecule has 1 spiro atoms. The molecule has 0 saturated carbocycles. The van der Waals surface area contributed by atoms with E-state index in [1.54, 1.807) is 0 Å². The van der Waals surface area contributed by atoms with Crippen molar-refractivity contribution in [2.45, 2.75) is 44.3 Å². The van der Waals surface area contributed by atoms with Crippen molar-refractivity contribution in [1.82, 2.24) is 0 Å². The molecule has 1 heterocycles. The molecular weight excluding hydrogens is 559 g/mol. The van der Waals surface area contributed by atoms with Gasteiger partial charge in [0.15, 0.2) is 0 Å². The number of benzene rings is 6. The Labute approximate surface area is 271 Å². The normalized spacial score (nSPS) is 17.4. The van der Waals surface area contributed by atoms with Gasteiger partial charge in [-0.15, -0.1) is 0 Å². The van der Waals surface area contributed by atoms with E-state index >= 15 is 0 Å². The monoisotopic (exact) mass is 594 g/mol. The Kier molecular flexibility index (Phi) is 5.79. The predicted molar refractivity (Wildman–Crippen MR) is 189 cm³/mol. The topological polar surface area (TPSA) is 18.5 Å². The van der Waals surface area contributed by atoms with Crippen LogP contribution >= 0.6 is 0 Å². The molecule has 1 saturated heterocycles. The van der Waals surface area contributed by atoms with Crippen molar-refractivity contribution < 1.29 is 9.31 Å². The highest BCUT2D eigenvalue weighted by Crippen LogP contribution is 2.62. The molecule has 0 amide bonds. The lowest BCUT2D eigenvalue weighted by molar-refractivity contribution is 0.00578. The summed E-state index contributed by atoms with van der Waals surface area (Å²) >= 11 is 0. The Morgan fingerprint density at radius 2 is 0.826 bits per heavy atom. The lowest BCUT2D eigenvalue weighted by atomic mass is 9.70. The fraction of sp³-hybridized carbons (Fsp3) is 0.163. The van der Waals surface area contributed by atoms with Crippen LogP contribution in [0.5, 0.6) is 0 Å². The molecule has 3 heteroatoms. The molecule has 0 bridgehead atoms.